The Labute approximate surface area is 114 Å². The van der Waals surface area contributed by atoms with Crippen LogP contribution in [0.1, 0.15) is 59.3 Å². The Hall–Kier alpha value is -1.26. The van der Waals surface area contributed by atoms with Crippen LogP contribution in [0.5, 0.6) is 0 Å². The first kappa shape index (κ1) is 14.2. The zero-order chi connectivity index (χ0) is 14.3. The fourth-order valence-electron chi connectivity index (χ4n) is 3.26. The summed E-state index contributed by atoms with van der Waals surface area (Å²) in [5.74, 6) is -0.182. The maximum atomic E-state index is 11.9. The summed E-state index contributed by atoms with van der Waals surface area (Å²) in [5, 5.41) is 3.02. The first-order valence-electron chi connectivity index (χ1n) is 6.98. The third-order valence-electron chi connectivity index (χ3n) is 4.54. The van der Waals surface area contributed by atoms with Crippen LogP contribution >= 0.6 is 0 Å². The second-order valence-electron chi connectivity index (χ2n) is 7.05. The second kappa shape index (κ2) is 4.39. The van der Waals surface area contributed by atoms with Crippen molar-refractivity contribution >= 4 is 12.0 Å². The minimum Gasteiger partial charge on any atom is -0.444 e. The van der Waals surface area contributed by atoms with Gasteiger partial charge in [-0.1, -0.05) is 0 Å². The van der Waals surface area contributed by atoms with Crippen molar-refractivity contribution in [2.24, 2.45) is 11.1 Å². The first-order chi connectivity index (χ1) is 8.67. The predicted molar refractivity (Wildman–Crippen MR) is 71.4 cm³/mol. The van der Waals surface area contributed by atoms with Crippen molar-refractivity contribution in [1.29, 1.82) is 0 Å². The third-order valence-corrected chi connectivity index (χ3v) is 4.54. The van der Waals surface area contributed by atoms with Gasteiger partial charge in [0.15, 0.2) is 0 Å². The van der Waals surface area contributed by atoms with Gasteiger partial charge in [0.2, 0.25) is 5.91 Å². The van der Waals surface area contributed by atoms with Crippen molar-refractivity contribution in [3.63, 3.8) is 0 Å². The molecule has 3 aliphatic carbocycles. The van der Waals surface area contributed by atoms with E-state index in [0.717, 1.165) is 38.5 Å². The summed E-state index contributed by atoms with van der Waals surface area (Å²) in [6.07, 6.45) is 4.41. The fourth-order valence-corrected chi connectivity index (χ4v) is 3.26. The average molecular weight is 268 g/mol. The number of ether oxygens (including phenoxy) is 1. The van der Waals surface area contributed by atoms with Crippen molar-refractivity contribution in [1.82, 2.24) is 5.32 Å². The smallest absolute Gasteiger partial charge is 0.408 e. The van der Waals surface area contributed by atoms with Crippen LogP contribution < -0.4 is 11.1 Å². The van der Waals surface area contributed by atoms with Gasteiger partial charge < -0.3 is 15.8 Å². The number of carbonyl (C=O) groups is 2. The molecular weight excluding hydrogens is 244 g/mol. The molecule has 5 nitrogen and oxygen atoms in total. The van der Waals surface area contributed by atoms with Crippen molar-refractivity contribution in [2.45, 2.75) is 70.4 Å². The molecule has 0 aliphatic heterocycles. The maximum Gasteiger partial charge on any atom is 0.408 e. The zero-order valence-corrected chi connectivity index (χ0v) is 12.0. The summed E-state index contributed by atoms with van der Waals surface area (Å²) in [6.45, 7) is 5.55. The number of carbonyl (C=O) groups excluding carboxylic acids is 2. The van der Waals surface area contributed by atoms with Gasteiger partial charge in [0.1, 0.15) is 5.60 Å². The minimum atomic E-state index is -0.485. The SMILES string of the molecule is CC(C)(C)OC(=O)NC12CCC(C(N)=O)(CC1)CC2. The van der Waals surface area contributed by atoms with Crippen molar-refractivity contribution < 1.29 is 14.3 Å². The van der Waals surface area contributed by atoms with Gasteiger partial charge in [0.25, 0.3) is 0 Å². The Kier molecular flexibility index (Phi) is 3.27. The summed E-state index contributed by atoms with van der Waals surface area (Å²) >= 11 is 0. The molecule has 0 aromatic heterocycles. The van der Waals surface area contributed by atoms with Gasteiger partial charge >= 0.3 is 6.09 Å². The normalized spacial score (nSPS) is 33.8. The number of alkyl carbamates (subject to hydrolysis) is 1. The first-order valence-corrected chi connectivity index (χ1v) is 6.98. The number of nitrogens with one attached hydrogen (secondary N) is 1. The molecule has 0 atom stereocenters. The van der Waals surface area contributed by atoms with Crippen molar-refractivity contribution in [3.8, 4) is 0 Å². The van der Waals surface area contributed by atoms with Gasteiger partial charge in [0, 0.05) is 11.0 Å². The molecule has 0 unspecified atom stereocenters. The Morgan fingerprint density at radius 2 is 1.53 bits per heavy atom. The van der Waals surface area contributed by atoms with Crippen LogP contribution in [0.4, 0.5) is 4.79 Å². The second-order valence-corrected chi connectivity index (χ2v) is 7.05. The number of primary amides is 1. The highest BCUT2D eigenvalue weighted by molar-refractivity contribution is 5.81. The molecule has 0 heterocycles. The van der Waals surface area contributed by atoms with E-state index >= 15 is 0 Å². The molecule has 3 N–H and O–H groups in total. The predicted octanol–water partition coefficient (Wildman–Crippen LogP) is 2.09. The molecule has 0 saturated heterocycles. The van der Waals surface area contributed by atoms with Gasteiger partial charge in [-0.05, 0) is 59.3 Å². The van der Waals surface area contributed by atoms with Gasteiger partial charge in [0.05, 0.1) is 0 Å². The average Bonchev–Trinajstić information content (AvgIpc) is 2.27. The molecule has 5 heteroatoms. The lowest BCUT2D eigenvalue weighted by molar-refractivity contribution is -0.134. The molecule has 2 bridgehead atoms. The molecule has 3 aliphatic rings. The van der Waals surface area contributed by atoms with E-state index < -0.39 is 5.60 Å². The number of fused-ring (bicyclic) bond motifs is 3. The molecule has 3 fully saturated rings. The minimum absolute atomic E-state index is 0.182. The van der Waals surface area contributed by atoms with Gasteiger partial charge in [-0.25, -0.2) is 4.79 Å². The summed E-state index contributed by atoms with van der Waals surface area (Å²) in [5.41, 5.74) is 4.51. The molecule has 3 rings (SSSR count). The maximum absolute atomic E-state index is 11.9. The molecule has 2 amide bonds. The lowest BCUT2D eigenvalue weighted by atomic mass is 9.57. The molecule has 108 valence electrons. The molecule has 0 aromatic rings. The highest BCUT2D eigenvalue weighted by Gasteiger charge is 2.52. The van der Waals surface area contributed by atoms with E-state index in [0.29, 0.717) is 0 Å². The van der Waals surface area contributed by atoms with E-state index in [9.17, 15) is 9.59 Å². The highest BCUT2D eigenvalue weighted by atomic mass is 16.6. The van der Waals surface area contributed by atoms with Crippen LogP contribution in [-0.2, 0) is 9.53 Å². The quantitative estimate of drug-likeness (QED) is 0.804. The zero-order valence-electron chi connectivity index (χ0n) is 12.0. The molecule has 0 aromatic carbocycles. The summed E-state index contributed by atoms with van der Waals surface area (Å²) in [6, 6.07) is 0. The topological polar surface area (TPSA) is 81.4 Å². The number of hydrogen-bond acceptors (Lipinski definition) is 3. The number of rotatable bonds is 2. The van der Waals surface area contributed by atoms with E-state index in [4.69, 9.17) is 10.5 Å². The van der Waals surface area contributed by atoms with E-state index in [-0.39, 0.29) is 23.0 Å². The monoisotopic (exact) mass is 268 g/mol. The van der Waals surface area contributed by atoms with Crippen LogP contribution in [0.3, 0.4) is 0 Å². The number of amides is 2. The van der Waals surface area contributed by atoms with Gasteiger partial charge in [-0.3, -0.25) is 4.79 Å². The highest BCUT2D eigenvalue weighted by Crippen LogP contribution is 2.52. The van der Waals surface area contributed by atoms with Crippen LogP contribution in [0, 0.1) is 5.41 Å². The summed E-state index contributed by atoms with van der Waals surface area (Å²) in [4.78, 5) is 23.5. The summed E-state index contributed by atoms with van der Waals surface area (Å²) in [7, 11) is 0. The van der Waals surface area contributed by atoms with Crippen LogP contribution in [0.25, 0.3) is 0 Å². The fraction of sp³-hybridized carbons (Fsp3) is 0.857. The van der Waals surface area contributed by atoms with Crippen molar-refractivity contribution in [2.75, 3.05) is 0 Å². The van der Waals surface area contributed by atoms with E-state index in [1.54, 1.807) is 0 Å². The third kappa shape index (κ3) is 2.85. The largest absolute Gasteiger partial charge is 0.444 e. The molecule has 3 saturated carbocycles. The number of nitrogens with two attached hydrogens (primary N) is 1. The van der Waals surface area contributed by atoms with Crippen LogP contribution in [-0.4, -0.2) is 23.1 Å². The Bertz CT molecular complexity index is 373. The molecule has 0 spiro atoms. The van der Waals surface area contributed by atoms with Crippen LogP contribution in [0.2, 0.25) is 0 Å². The van der Waals surface area contributed by atoms with E-state index in [2.05, 4.69) is 5.32 Å². The standard InChI is InChI=1S/C14H24N2O3/c1-12(2,3)19-11(18)16-14-7-4-13(5-8-14,6-9-14)10(15)17/h4-9H2,1-3H3,(H2,15,17)(H,16,18). The summed E-state index contributed by atoms with van der Waals surface area (Å²) < 4.78 is 5.32. The van der Waals surface area contributed by atoms with E-state index in [1.165, 1.54) is 0 Å². The lowest BCUT2D eigenvalue weighted by Gasteiger charge is -2.51. The molecule has 19 heavy (non-hydrogen) atoms. The van der Waals surface area contributed by atoms with Crippen LogP contribution in [0.15, 0.2) is 0 Å². The van der Waals surface area contributed by atoms with Gasteiger partial charge in [-0.15, -0.1) is 0 Å². The Balaban J connectivity index is 1.97. The molecular formula is C14H24N2O3. The van der Waals surface area contributed by atoms with Gasteiger partial charge in [-0.2, -0.15) is 0 Å². The Morgan fingerprint density at radius 3 is 1.89 bits per heavy atom. The van der Waals surface area contributed by atoms with E-state index in [1.807, 2.05) is 20.8 Å². The lowest BCUT2D eigenvalue weighted by Crippen LogP contribution is -2.59. The van der Waals surface area contributed by atoms with Crippen molar-refractivity contribution in [3.05, 3.63) is 0 Å². The number of hydrogen-bond donors (Lipinski definition) is 2. The molecule has 0 radical (unpaired) electrons. The Morgan fingerprint density at radius 1 is 1.05 bits per heavy atom.